The molecule has 0 aliphatic heterocycles. The first-order valence-corrected chi connectivity index (χ1v) is 5.22. The maximum Gasteiger partial charge on any atom is 0.125 e. The summed E-state index contributed by atoms with van der Waals surface area (Å²) in [6.07, 6.45) is 1.59. The Kier molecular flexibility index (Phi) is 3.17. The van der Waals surface area contributed by atoms with Crippen LogP contribution in [0.1, 0.15) is 17.4 Å². The third-order valence-corrected chi connectivity index (χ3v) is 2.61. The molecule has 1 atom stereocenters. The van der Waals surface area contributed by atoms with Crippen molar-refractivity contribution in [3.05, 3.63) is 52.9 Å². The number of halogens is 1. The Morgan fingerprint density at radius 3 is 2.81 bits per heavy atom. The molecule has 84 valence electrons. The number of ether oxygens (including phenoxy) is 1. The molecule has 0 saturated heterocycles. The summed E-state index contributed by atoms with van der Waals surface area (Å²) in [5, 5.41) is 0.623. The van der Waals surface area contributed by atoms with E-state index >= 15 is 0 Å². The van der Waals surface area contributed by atoms with Crippen molar-refractivity contribution in [3.63, 3.8) is 0 Å². The van der Waals surface area contributed by atoms with E-state index in [-0.39, 0.29) is 6.04 Å². The van der Waals surface area contributed by atoms with Crippen LogP contribution >= 0.6 is 11.6 Å². The van der Waals surface area contributed by atoms with Gasteiger partial charge in [-0.1, -0.05) is 11.6 Å². The van der Waals surface area contributed by atoms with Crippen molar-refractivity contribution in [3.8, 4) is 5.75 Å². The lowest BCUT2D eigenvalue weighted by Crippen LogP contribution is -2.12. The minimum atomic E-state index is -0.372. The normalized spacial score (nSPS) is 12.4. The van der Waals surface area contributed by atoms with E-state index in [1.54, 1.807) is 37.6 Å². The quantitative estimate of drug-likeness (QED) is 0.893. The van der Waals surface area contributed by atoms with Gasteiger partial charge in [0.05, 0.1) is 19.4 Å². The van der Waals surface area contributed by atoms with Crippen molar-refractivity contribution in [2.45, 2.75) is 6.04 Å². The van der Waals surface area contributed by atoms with E-state index in [0.717, 1.165) is 5.56 Å². The summed E-state index contributed by atoms with van der Waals surface area (Å²) in [6.45, 7) is 0. The number of benzene rings is 1. The molecule has 0 aliphatic carbocycles. The van der Waals surface area contributed by atoms with Gasteiger partial charge < -0.3 is 14.9 Å². The Hall–Kier alpha value is -1.45. The van der Waals surface area contributed by atoms with Gasteiger partial charge in [0.2, 0.25) is 0 Å². The van der Waals surface area contributed by atoms with Crippen LogP contribution in [0.4, 0.5) is 0 Å². The number of rotatable bonds is 3. The molecule has 4 heteroatoms. The molecular formula is C12H12ClNO2. The maximum absolute atomic E-state index is 6.07. The molecule has 2 aromatic rings. The van der Waals surface area contributed by atoms with Gasteiger partial charge in [-0.15, -0.1) is 0 Å². The smallest absolute Gasteiger partial charge is 0.125 e. The second-order valence-electron chi connectivity index (χ2n) is 3.38. The average molecular weight is 238 g/mol. The highest BCUT2D eigenvalue weighted by atomic mass is 35.5. The second-order valence-corrected chi connectivity index (χ2v) is 3.82. The first kappa shape index (κ1) is 11.0. The molecule has 0 fully saturated rings. The lowest BCUT2D eigenvalue weighted by Gasteiger charge is -2.13. The molecule has 1 aromatic carbocycles. The van der Waals surface area contributed by atoms with Crippen molar-refractivity contribution in [2.24, 2.45) is 5.73 Å². The van der Waals surface area contributed by atoms with Crippen LogP contribution in [-0.2, 0) is 0 Å². The molecule has 0 spiro atoms. The van der Waals surface area contributed by atoms with Gasteiger partial charge in [-0.2, -0.15) is 0 Å². The highest BCUT2D eigenvalue weighted by molar-refractivity contribution is 6.30. The van der Waals surface area contributed by atoms with Crippen LogP contribution in [0.15, 0.2) is 41.0 Å². The number of nitrogens with two attached hydrogens (primary N) is 1. The molecule has 2 rings (SSSR count). The van der Waals surface area contributed by atoms with E-state index in [9.17, 15) is 0 Å². The predicted molar refractivity (Wildman–Crippen MR) is 62.7 cm³/mol. The third kappa shape index (κ3) is 2.05. The van der Waals surface area contributed by atoms with E-state index in [0.29, 0.717) is 16.5 Å². The number of hydrogen-bond donors (Lipinski definition) is 1. The van der Waals surface area contributed by atoms with Crippen LogP contribution in [0, 0.1) is 0 Å². The van der Waals surface area contributed by atoms with Gasteiger partial charge in [-0.3, -0.25) is 0 Å². The minimum absolute atomic E-state index is 0.372. The van der Waals surface area contributed by atoms with Gasteiger partial charge in [-0.05, 0) is 30.3 Å². The van der Waals surface area contributed by atoms with Crippen molar-refractivity contribution < 1.29 is 9.15 Å². The van der Waals surface area contributed by atoms with Crippen molar-refractivity contribution in [1.82, 2.24) is 0 Å². The molecule has 1 unspecified atom stereocenters. The number of methoxy groups -OCH3 is 1. The molecule has 2 N–H and O–H groups in total. The highest BCUT2D eigenvalue weighted by Crippen LogP contribution is 2.30. The monoisotopic (exact) mass is 237 g/mol. The summed E-state index contributed by atoms with van der Waals surface area (Å²) in [4.78, 5) is 0. The molecule has 0 radical (unpaired) electrons. The van der Waals surface area contributed by atoms with Crippen LogP contribution in [0.25, 0.3) is 0 Å². The zero-order valence-corrected chi connectivity index (χ0v) is 9.57. The Morgan fingerprint density at radius 1 is 1.38 bits per heavy atom. The molecule has 0 saturated carbocycles. The molecule has 0 aliphatic rings. The Labute approximate surface area is 98.8 Å². The molecule has 1 heterocycles. The van der Waals surface area contributed by atoms with Crippen LogP contribution in [0.3, 0.4) is 0 Å². The number of furan rings is 1. The van der Waals surface area contributed by atoms with Crippen LogP contribution < -0.4 is 10.5 Å². The molecule has 1 aromatic heterocycles. The van der Waals surface area contributed by atoms with Crippen LogP contribution in [0.5, 0.6) is 5.75 Å². The van der Waals surface area contributed by atoms with E-state index in [1.165, 1.54) is 0 Å². The Balaban J connectivity index is 2.42. The van der Waals surface area contributed by atoms with Gasteiger partial charge >= 0.3 is 0 Å². The van der Waals surface area contributed by atoms with E-state index < -0.39 is 0 Å². The fourth-order valence-electron chi connectivity index (χ4n) is 1.57. The Bertz CT molecular complexity index is 468. The van der Waals surface area contributed by atoms with Crippen molar-refractivity contribution in [1.29, 1.82) is 0 Å². The van der Waals surface area contributed by atoms with Gasteiger partial charge in [-0.25, -0.2) is 0 Å². The SMILES string of the molecule is COc1ccc(Cl)cc1C(N)c1ccco1. The van der Waals surface area contributed by atoms with Crippen molar-refractivity contribution >= 4 is 11.6 Å². The summed E-state index contributed by atoms with van der Waals surface area (Å²) in [7, 11) is 1.60. The molecule has 0 bridgehead atoms. The van der Waals surface area contributed by atoms with Gasteiger partial charge in [0.15, 0.2) is 0 Å². The lowest BCUT2D eigenvalue weighted by atomic mass is 10.0. The largest absolute Gasteiger partial charge is 0.496 e. The zero-order chi connectivity index (χ0) is 11.5. The fourth-order valence-corrected chi connectivity index (χ4v) is 1.75. The van der Waals surface area contributed by atoms with E-state index in [2.05, 4.69) is 0 Å². The van der Waals surface area contributed by atoms with E-state index in [4.69, 9.17) is 26.5 Å². The first-order chi connectivity index (χ1) is 7.72. The summed E-state index contributed by atoms with van der Waals surface area (Å²) in [6, 6.07) is 8.59. The highest BCUT2D eigenvalue weighted by Gasteiger charge is 2.16. The van der Waals surface area contributed by atoms with Crippen LogP contribution in [-0.4, -0.2) is 7.11 Å². The van der Waals surface area contributed by atoms with Crippen molar-refractivity contribution in [2.75, 3.05) is 7.11 Å². The first-order valence-electron chi connectivity index (χ1n) is 4.85. The molecule has 16 heavy (non-hydrogen) atoms. The van der Waals surface area contributed by atoms with E-state index in [1.807, 2.05) is 6.07 Å². The van der Waals surface area contributed by atoms with Crippen LogP contribution in [0.2, 0.25) is 5.02 Å². The Morgan fingerprint density at radius 2 is 2.19 bits per heavy atom. The zero-order valence-electron chi connectivity index (χ0n) is 8.81. The predicted octanol–water partition coefficient (Wildman–Crippen LogP) is 2.99. The summed E-state index contributed by atoms with van der Waals surface area (Å²) < 4.78 is 10.5. The minimum Gasteiger partial charge on any atom is -0.496 e. The summed E-state index contributed by atoms with van der Waals surface area (Å²) in [5.41, 5.74) is 6.88. The second kappa shape index (κ2) is 4.60. The lowest BCUT2D eigenvalue weighted by molar-refractivity contribution is 0.403. The summed E-state index contributed by atoms with van der Waals surface area (Å²) in [5.74, 6) is 1.38. The maximum atomic E-state index is 6.07. The molecule has 0 amide bonds. The van der Waals surface area contributed by atoms with Gasteiger partial charge in [0.25, 0.3) is 0 Å². The average Bonchev–Trinajstić information content (AvgIpc) is 2.81. The number of hydrogen-bond acceptors (Lipinski definition) is 3. The summed E-state index contributed by atoms with van der Waals surface area (Å²) >= 11 is 5.94. The molecule has 3 nitrogen and oxygen atoms in total. The third-order valence-electron chi connectivity index (χ3n) is 2.38. The fraction of sp³-hybridized carbons (Fsp3) is 0.167. The standard InChI is InChI=1S/C12H12ClNO2/c1-15-10-5-4-8(13)7-9(10)12(14)11-3-2-6-16-11/h2-7,12H,14H2,1H3. The van der Waals surface area contributed by atoms with Gasteiger partial charge in [0, 0.05) is 10.6 Å². The molecular weight excluding hydrogens is 226 g/mol. The van der Waals surface area contributed by atoms with Gasteiger partial charge in [0.1, 0.15) is 11.5 Å². The topological polar surface area (TPSA) is 48.4 Å².